The number of nitrogens with zero attached hydrogens (tertiary/aromatic N) is 4. The number of hydrogen-bond donors (Lipinski definition) is 4. The lowest BCUT2D eigenvalue weighted by Gasteiger charge is -2.23. The van der Waals surface area contributed by atoms with Crippen LogP contribution in [0.4, 0.5) is 31.4 Å². The average molecular weight is 1400 g/mol. The second-order valence-electron chi connectivity index (χ2n) is 25.9. The maximum absolute atomic E-state index is 14.4. The van der Waals surface area contributed by atoms with Gasteiger partial charge in [-0.15, -0.1) is 0 Å². The Balaban J connectivity index is 0.888. The molecule has 2 aliphatic heterocycles. The molecule has 526 valence electrons. The van der Waals surface area contributed by atoms with E-state index in [1.54, 1.807) is 31.3 Å². The van der Waals surface area contributed by atoms with Crippen LogP contribution in [-0.2, 0) is 69.8 Å². The van der Waals surface area contributed by atoms with Crippen LogP contribution in [0.25, 0.3) is 22.9 Å². The molecule has 0 radical (unpaired) electrons. The number of fused-ring (bicyclic) bond motifs is 3. The predicted molar refractivity (Wildman–Crippen MR) is 384 cm³/mol. The first kappa shape index (κ1) is 74.4. The van der Waals surface area contributed by atoms with Gasteiger partial charge in [0.1, 0.15) is 44.1 Å². The molecule has 7 aromatic carbocycles. The second kappa shape index (κ2) is 33.3. The fraction of sp³-hybridized carbons (Fsp3) is 0.329. The number of anilines is 1. The van der Waals surface area contributed by atoms with Crippen molar-refractivity contribution in [1.29, 1.82) is 0 Å². The first-order valence-corrected chi connectivity index (χ1v) is 36.4. The zero-order valence-corrected chi connectivity index (χ0v) is 58.7. The Morgan fingerprint density at radius 3 is 1.59 bits per heavy atom. The summed E-state index contributed by atoms with van der Waals surface area (Å²) in [5.41, 5.74) is 13.9. The Labute approximate surface area is 584 Å². The normalized spacial score (nSPS) is 14.5. The van der Waals surface area contributed by atoms with Crippen LogP contribution >= 0.6 is 0 Å². The van der Waals surface area contributed by atoms with Crippen molar-refractivity contribution >= 4 is 102 Å². The van der Waals surface area contributed by atoms with Crippen molar-refractivity contribution in [2.75, 3.05) is 63.6 Å². The minimum absolute atomic E-state index is 0.00733. The number of ether oxygens (including phenoxy) is 3. The molecule has 2 atom stereocenters. The molecule has 9 rings (SSSR count). The Morgan fingerprint density at radius 2 is 1.03 bits per heavy atom. The first-order valence-electron chi connectivity index (χ1n) is 33.2. The second-order valence-corrected chi connectivity index (χ2v) is 29.0. The number of benzene rings is 7. The molecule has 2 unspecified atom stereocenters. The van der Waals surface area contributed by atoms with Gasteiger partial charge in [-0.2, -0.15) is 9.15 Å². The van der Waals surface area contributed by atoms with Crippen molar-refractivity contribution < 1.29 is 73.3 Å². The van der Waals surface area contributed by atoms with Gasteiger partial charge < -0.3 is 54.8 Å². The van der Waals surface area contributed by atoms with Crippen molar-refractivity contribution in [2.45, 2.75) is 102 Å². The molecule has 100 heavy (non-hydrogen) atoms. The van der Waals surface area contributed by atoms with Gasteiger partial charge in [0.15, 0.2) is 11.4 Å². The Kier molecular flexibility index (Phi) is 24.8. The molecule has 0 fully saturated rings. The van der Waals surface area contributed by atoms with Crippen LogP contribution in [0.2, 0.25) is 0 Å². The van der Waals surface area contributed by atoms with Crippen LogP contribution in [0.1, 0.15) is 98.7 Å². The van der Waals surface area contributed by atoms with Gasteiger partial charge in [0.25, 0.3) is 0 Å². The molecule has 2 heterocycles. The molecule has 22 nitrogen and oxygen atoms in total. The van der Waals surface area contributed by atoms with Crippen molar-refractivity contribution in [3.63, 3.8) is 0 Å². The summed E-state index contributed by atoms with van der Waals surface area (Å²) in [6.07, 6.45) is 7.21. The summed E-state index contributed by atoms with van der Waals surface area (Å²) < 4.78 is 92.4. The van der Waals surface area contributed by atoms with Crippen LogP contribution in [0, 0.1) is 0 Å². The van der Waals surface area contributed by atoms with Crippen molar-refractivity contribution in [3.8, 4) is 5.75 Å². The molecule has 5 N–H and O–H groups in total. The molecule has 2 aliphatic rings. The lowest BCUT2D eigenvalue weighted by molar-refractivity contribution is -0.437. The Morgan fingerprint density at radius 1 is 0.540 bits per heavy atom. The van der Waals surface area contributed by atoms with E-state index in [-0.39, 0.29) is 70.8 Å². The number of unbranched alkanes of at least 4 members (excludes halogenated alkanes) is 1. The van der Waals surface area contributed by atoms with Crippen LogP contribution in [0.3, 0.4) is 0 Å². The summed E-state index contributed by atoms with van der Waals surface area (Å²) in [5, 5.41) is 9.71. The van der Waals surface area contributed by atoms with Gasteiger partial charge in [0.2, 0.25) is 23.2 Å². The smallest absolute Gasteiger partial charge is 0.415 e. The minimum Gasteiger partial charge on any atom is -0.748 e. The predicted octanol–water partition coefficient (Wildman–Crippen LogP) is 10.7. The van der Waals surface area contributed by atoms with Crippen LogP contribution in [0.5, 0.6) is 5.75 Å². The number of para-hydroxylation sites is 2. The van der Waals surface area contributed by atoms with Crippen LogP contribution < -0.4 is 26.4 Å². The molecular weight excluding hydrogens is 1310 g/mol. The van der Waals surface area contributed by atoms with E-state index < -0.39 is 84.7 Å². The summed E-state index contributed by atoms with van der Waals surface area (Å²) in [5.74, 6) is -1.93. The molecule has 5 amide bonds. The van der Waals surface area contributed by atoms with Crippen molar-refractivity contribution in [2.24, 2.45) is 5.73 Å². The van der Waals surface area contributed by atoms with Gasteiger partial charge in [-0.05, 0) is 111 Å². The quantitative estimate of drug-likeness (QED) is 0.0178. The molecule has 0 saturated heterocycles. The fourth-order valence-corrected chi connectivity index (χ4v) is 13.5. The van der Waals surface area contributed by atoms with Crippen LogP contribution in [-0.4, -0.2) is 157 Å². The topological polar surface area (TPSA) is 302 Å². The van der Waals surface area contributed by atoms with E-state index in [4.69, 9.17) is 19.9 Å². The van der Waals surface area contributed by atoms with Gasteiger partial charge >= 0.3 is 18.3 Å². The lowest BCUT2D eigenvalue weighted by atomic mass is 9.81. The number of carbonyl (C=O) groups is 5. The lowest BCUT2D eigenvalue weighted by Crippen LogP contribution is -2.53. The van der Waals surface area contributed by atoms with E-state index in [1.807, 2.05) is 173 Å². The molecule has 0 saturated carbocycles. The summed E-state index contributed by atoms with van der Waals surface area (Å²) in [4.78, 5) is 71.5. The highest BCUT2D eigenvalue weighted by atomic mass is 32.2. The molecule has 24 heteroatoms. The molecule has 0 aliphatic carbocycles. The zero-order valence-electron chi connectivity index (χ0n) is 57.1. The third-order valence-corrected chi connectivity index (χ3v) is 19.5. The maximum Gasteiger partial charge on any atom is 0.415 e. The molecule has 0 bridgehead atoms. The number of allylic oxidation sites excluding steroid dienone is 2. The van der Waals surface area contributed by atoms with Crippen LogP contribution in [0.15, 0.2) is 176 Å². The number of likely N-dealkylation sites (N-methyl/N-ethyl adjacent to an activating group) is 2. The van der Waals surface area contributed by atoms with E-state index in [2.05, 4.69) is 43.6 Å². The highest BCUT2D eigenvalue weighted by Gasteiger charge is 2.45. The van der Waals surface area contributed by atoms with Crippen molar-refractivity contribution in [3.05, 3.63) is 215 Å². The molecule has 0 spiro atoms. The summed E-state index contributed by atoms with van der Waals surface area (Å²) in [6, 6.07) is 47.8. The highest BCUT2D eigenvalue weighted by Crippen LogP contribution is 2.43. The van der Waals surface area contributed by atoms with E-state index in [9.17, 15) is 49.9 Å². The molecule has 7 aromatic rings. The molecule has 0 aromatic heterocycles. The standard InChI is InChI=1S/C76H86N8O14S2/c1-75(2)61-29-15-17-32-65(61)83(43-21-47-99(90,91)92)67(75)40-36-56-50-57(37-41-68-76(3,4)62-30-16-18-33-66(62)84(68)44-22-48-100(93,94)95)69(60-28-14-13-27-59(56)60)98-74(89)82(6)46-45-81(5)73(88)97-52-55-34-38-58(39-35-55)78-70(85)63(31-19-20-42-77)79-71(86)64(49-53-23-9-7-10-24-53)80-72(87)96-51-54-25-11-8-12-26-54/h7-18,23-30,32-41,50,63-64H,19-22,31,42-49,51-52,77H2,1-6H3,(H3-2,78,79,80,85,86,87,90,91,92,93,94,95)/b40-36+,41-37+. The fourth-order valence-electron chi connectivity index (χ4n) is 12.5. The Bertz CT molecular complexity index is 4480. The number of amides is 5. The van der Waals surface area contributed by atoms with E-state index >= 15 is 0 Å². The molecular formula is C76H86N8O14S2. The van der Waals surface area contributed by atoms with E-state index in [0.717, 1.165) is 56.0 Å². The van der Waals surface area contributed by atoms with Crippen molar-refractivity contribution in [1.82, 2.24) is 20.4 Å². The zero-order chi connectivity index (χ0) is 71.8. The number of rotatable bonds is 31. The van der Waals surface area contributed by atoms with Gasteiger partial charge in [-0.3, -0.25) is 9.59 Å². The van der Waals surface area contributed by atoms with Gasteiger partial charge in [-0.25, -0.2) is 31.2 Å². The summed E-state index contributed by atoms with van der Waals surface area (Å²) >= 11 is 0. The largest absolute Gasteiger partial charge is 0.748 e. The summed E-state index contributed by atoms with van der Waals surface area (Å²) in [7, 11) is -5.89. The minimum atomic E-state index is -4.50. The van der Waals surface area contributed by atoms with Gasteiger partial charge in [-0.1, -0.05) is 133 Å². The SMILES string of the molecule is CN(CCN(C)C(=O)Oc1c(/C=C/C2=[N+](CCCS(=O)(=O)[O-])c3ccccc3C2(C)C)cc(/C=C/C2=[N+](CCCS(=O)(=O)[O-])c3ccccc3C2(C)C)c2ccccc12)C(=O)OCc1ccc(NC(=O)C(CCCCN)NC(=O)C(Cc2ccccc2)NC(=O)OCc2ccccc2)cc1. The van der Waals surface area contributed by atoms with Gasteiger partial charge in [0, 0.05) is 110 Å². The maximum atomic E-state index is 14.4. The summed E-state index contributed by atoms with van der Waals surface area (Å²) in [6.45, 7) is 9.07. The Hall–Kier alpha value is -9.85. The highest BCUT2D eigenvalue weighted by molar-refractivity contribution is 7.85. The average Bonchev–Trinajstić information content (AvgIpc) is 0.784. The first-order chi connectivity index (χ1) is 47.7. The monoisotopic (exact) mass is 1400 g/mol. The van der Waals surface area contributed by atoms with E-state index in [0.29, 0.717) is 41.6 Å². The number of alkyl carbamates (subject to hydrolysis) is 1. The third kappa shape index (κ3) is 19.5. The third-order valence-electron chi connectivity index (χ3n) is 17.9. The van der Waals surface area contributed by atoms with Gasteiger partial charge in [0.05, 0.1) is 31.1 Å². The number of carbonyl (C=O) groups excluding carboxylic acids is 5. The number of hydrogen-bond acceptors (Lipinski definition) is 15. The number of nitrogens with two attached hydrogens (primary N) is 1. The number of nitrogens with one attached hydrogen (secondary N) is 3. The van der Waals surface area contributed by atoms with E-state index in [1.165, 1.54) is 16.8 Å².